The molecule has 0 aliphatic rings. The minimum atomic E-state index is -1.47. The van der Waals surface area contributed by atoms with E-state index in [0.717, 1.165) is 0 Å². The molecule has 0 saturated carbocycles. The molecule has 0 aliphatic carbocycles. The molecule has 2 N–H and O–H groups in total. The first-order chi connectivity index (χ1) is 12.4. The Bertz CT molecular complexity index is 791. The predicted molar refractivity (Wildman–Crippen MR) is 86.2 cm³/mol. The molecule has 0 aliphatic heterocycles. The third-order valence-corrected chi connectivity index (χ3v) is 3.48. The zero-order valence-electron chi connectivity index (χ0n) is 13.5. The van der Waals surface area contributed by atoms with E-state index in [-0.39, 0.29) is 35.3 Å². The number of carbonyl (C=O) groups is 4. The van der Waals surface area contributed by atoms with Crippen molar-refractivity contribution >= 4 is 23.8 Å². The number of carboxylic acids is 2. The second-order valence-electron chi connectivity index (χ2n) is 5.18. The van der Waals surface area contributed by atoms with Gasteiger partial charge in [0.05, 0.1) is 11.9 Å². The van der Waals surface area contributed by atoms with Crippen LogP contribution in [0, 0.1) is 0 Å². The number of carbonyl (C=O) groups excluding carboxylic acids is 4. The highest BCUT2D eigenvalue weighted by Crippen LogP contribution is 2.08. The number of aromatic carboxylic acids is 2. The van der Waals surface area contributed by atoms with Crippen molar-refractivity contribution in [1.82, 2.24) is 10.6 Å². The van der Waals surface area contributed by atoms with Crippen LogP contribution in [0.15, 0.2) is 48.5 Å². The highest BCUT2D eigenvalue weighted by Gasteiger charge is 2.13. The van der Waals surface area contributed by atoms with E-state index in [1.165, 1.54) is 48.5 Å². The second kappa shape index (κ2) is 8.43. The number of hydrogen-bond donors (Lipinski definition) is 2. The average Bonchev–Trinajstić information content (AvgIpc) is 2.64. The molecule has 0 atom stereocenters. The van der Waals surface area contributed by atoms with Crippen LogP contribution < -0.4 is 20.8 Å². The van der Waals surface area contributed by atoms with Gasteiger partial charge in [-0.2, -0.15) is 0 Å². The molecule has 0 spiro atoms. The van der Waals surface area contributed by atoms with Crippen molar-refractivity contribution in [2.45, 2.75) is 0 Å². The Balaban J connectivity index is 1.91. The fourth-order valence-corrected chi connectivity index (χ4v) is 2.26. The first kappa shape index (κ1) is 18.7. The number of rotatable bonds is 7. The highest BCUT2D eigenvalue weighted by atomic mass is 16.4. The Labute approximate surface area is 148 Å². The molecule has 2 amide bonds. The first-order valence-electron chi connectivity index (χ1n) is 7.59. The van der Waals surface area contributed by atoms with Gasteiger partial charge in [-0.05, 0) is 12.1 Å². The molecule has 2 aromatic rings. The van der Waals surface area contributed by atoms with Crippen LogP contribution in [0.5, 0.6) is 0 Å². The quantitative estimate of drug-likeness (QED) is 0.585. The van der Waals surface area contributed by atoms with Crippen LogP contribution in [0.2, 0.25) is 0 Å². The third kappa shape index (κ3) is 4.44. The minimum absolute atomic E-state index is 0.0133. The van der Waals surface area contributed by atoms with E-state index in [9.17, 15) is 29.4 Å². The molecule has 0 radical (unpaired) electrons. The van der Waals surface area contributed by atoms with Crippen LogP contribution in [0.25, 0.3) is 0 Å². The van der Waals surface area contributed by atoms with Crippen LogP contribution in [0.3, 0.4) is 0 Å². The van der Waals surface area contributed by atoms with Crippen molar-refractivity contribution in [3.63, 3.8) is 0 Å². The Morgan fingerprint density at radius 3 is 1.23 bits per heavy atom. The molecule has 0 fully saturated rings. The number of amides is 2. The Morgan fingerprint density at radius 2 is 0.923 bits per heavy atom. The Hall–Kier alpha value is -3.68. The first-order valence-corrected chi connectivity index (χ1v) is 7.59. The molecule has 0 saturated heterocycles. The number of hydrogen-bond acceptors (Lipinski definition) is 6. The van der Waals surface area contributed by atoms with Gasteiger partial charge in [-0.25, -0.2) is 0 Å². The molecule has 8 nitrogen and oxygen atoms in total. The second-order valence-corrected chi connectivity index (χ2v) is 5.18. The molecule has 0 heterocycles. The largest absolute Gasteiger partial charge is 0.545 e. The molecule has 134 valence electrons. The summed E-state index contributed by atoms with van der Waals surface area (Å²) >= 11 is 0. The highest BCUT2D eigenvalue weighted by molar-refractivity contribution is 6.05. The van der Waals surface area contributed by atoms with Crippen molar-refractivity contribution < 1.29 is 29.4 Å². The van der Waals surface area contributed by atoms with Gasteiger partial charge >= 0.3 is 0 Å². The van der Waals surface area contributed by atoms with E-state index in [0.29, 0.717) is 0 Å². The molecular formula is C18H14N2O6-2. The summed E-state index contributed by atoms with van der Waals surface area (Å²) in [4.78, 5) is 46.0. The predicted octanol–water partition coefficient (Wildman–Crippen LogP) is -1.43. The molecule has 8 heteroatoms. The van der Waals surface area contributed by atoms with Gasteiger partial charge < -0.3 is 30.4 Å². The van der Waals surface area contributed by atoms with Crippen molar-refractivity contribution in [3.8, 4) is 0 Å². The monoisotopic (exact) mass is 354 g/mol. The standard InChI is InChI=1S/C18H16N2O6/c21-15(11-5-1-3-7-13(11)17(23)24)19-9-10-20-16(22)12-6-2-4-8-14(12)18(25)26/h1-8H,9-10H2,(H,19,21)(H,20,22)(H,23,24)(H,25,26)/p-2. The maximum Gasteiger partial charge on any atom is 0.252 e. The lowest BCUT2D eigenvalue weighted by Crippen LogP contribution is -2.36. The van der Waals surface area contributed by atoms with Gasteiger partial charge in [-0.1, -0.05) is 36.4 Å². The molecule has 2 aromatic carbocycles. The zero-order chi connectivity index (χ0) is 19.1. The lowest BCUT2D eigenvalue weighted by Gasteiger charge is -2.12. The van der Waals surface area contributed by atoms with Crippen LogP contribution in [0.4, 0.5) is 0 Å². The fraction of sp³-hybridized carbons (Fsp3) is 0.111. The average molecular weight is 354 g/mol. The van der Waals surface area contributed by atoms with Gasteiger partial charge in [0.2, 0.25) is 0 Å². The molecule has 2 rings (SSSR count). The zero-order valence-corrected chi connectivity index (χ0v) is 13.5. The summed E-state index contributed by atoms with van der Waals surface area (Å²) in [6.07, 6.45) is 0. The van der Waals surface area contributed by atoms with Crippen LogP contribution >= 0.6 is 0 Å². The van der Waals surface area contributed by atoms with Crippen molar-refractivity contribution in [2.24, 2.45) is 0 Å². The maximum absolute atomic E-state index is 12.0. The summed E-state index contributed by atoms with van der Waals surface area (Å²) in [5.74, 6) is -4.20. The fourth-order valence-electron chi connectivity index (χ4n) is 2.26. The minimum Gasteiger partial charge on any atom is -0.545 e. The van der Waals surface area contributed by atoms with Crippen molar-refractivity contribution in [1.29, 1.82) is 0 Å². The summed E-state index contributed by atoms with van der Waals surface area (Å²) < 4.78 is 0. The van der Waals surface area contributed by atoms with E-state index >= 15 is 0 Å². The molecule has 0 unspecified atom stereocenters. The summed E-state index contributed by atoms with van der Waals surface area (Å²) in [6.45, 7) is 0.0267. The van der Waals surface area contributed by atoms with Gasteiger partial charge in [-0.3, -0.25) is 9.59 Å². The number of nitrogens with one attached hydrogen (secondary N) is 2. The van der Waals surface area contributed by atoms with Gasteiger partial charge in [0.15, 0.2) is 0 Å². The molecule has 26 heavy (non-hydrogen) atoms. The third-order valence-electron chi connectivity index (χ3n) is 3.48. The summed E-state index contributed by atoms with van der Waals surface area (Å²) in [5.41, 5.74) is -0.587. The van der Waals surface area contributed by atoms with Crippen LogP contribution in [-0.4, -0.2) is 36.8 Å². The van der Waals surface area contributed by atoms with Gasteiger partial charge in [0.25, 0.3) is 11.8 Å². The number of carboxylic acid groups (broad SMARTS) is 2. The van der Waals surface area contributed by atoms with Crippen LogP contribution in [0.1, 0.15) is 41.4 Å². The summed E-state index contributed by atoms with van der Waals surface area (Å²) in [7, 11) is 0. The maximum atomic E-state index is 12.0. The molecular weight excluding hydrogens is 340 g/mol. The van der Waals surface area contributed by atoms with E-state index in [1.54, 1.807) is 0 Å². The molecule has 0 bridgehead atoms. The van der Waals surface area contributed by atoms with E-state index in [2.05, 4.69) is 10.6 Å². The lowest BCUT2D eigenvalue weighted by molar-refractivity contribution is -0.256. The van der Waals surface area contributed by atoms with Gasteiger partial charge in [-0.15, -0.1) is 0 Å². The van der Waals surface area contributed by atoms with E-state index in [4.69, 9.17) is 0 Å². The number of benzene rings is 2. The van der Waals surface area contributed by atoms with E-state index < -0.39 is 23.8 Å². The lowest BCUT2D eigenvalue weighted by atomic mass is 10.1. The smallest absolute Gasteiger partial charge is 0.252 e. The topological polar surface area (TPSA) is 138 Å². The van der Waals surface area contributed by atoms with E-state index in [1.807, 2.05) is 0 Å². The summed E-state index contributed by atoms with van der Waals surface area (Å²) in [6, 6.07) is 11.2. The normalized spacial score (nSPS) is 10.0. The van der Waals surface area contributed by atoms with Crippen molar-refractivity contribution in [3.05, 3.63) is 70.8 Å². The van der Waals surface area contributed by atoms with Crippen molar-refractivity contribution in [2.75, 3.05) is 13.1 Å². The van der Waals surface area contributed by atoms with Gasteiger partial charge in [0, 0.05) is 35.3 Å². The SMILES string of the molecule is O=C([O-])c1ccccc1C(=O)NCCNC(=O)c1ccccc1C(=O)[O-]. The summed E-state index contributed by atoms with van der Waals surface area (Å²) in [5, 5.41) is 26.9. The van der Waals surface area contributed by atoms with Crippen LogP contribution in [-0.2, 0) is 0 Å². The van der Waals surface area contributed by atoms with Gasteiger partial charge in [0.1, 0.15) is 0 Å². The Morgan fingerprint density at radius 1 is 0.615 bits per heavy atom. The Kier molecular flexibility index (Phi) is 6.05. The molecule has 0 aromatic heterocycles.